The van der Waals surface area contributed by atoms with E-state index in [1.807, 2.05) is 30.3 Å². The summed E-state index contributed by atoms with van der Waals surface area (Å²) in [5.41, 5.74) is 2.59. The Kier molecular flexibility index (Phi) is 6.38. The number of benzene rings is 2. The van der Waals surface area contributed by atoms with Gasteiger partial charge < -0.3 is 15.5 Å². The molecule has 0 saturated heterocycles. The Labute approximate surface area is 170 Å². The first-order valence-corrected chi connectivity index (χ1v) is 9.39. The van der Waals surface area contributed by atoms with Crippen LogP contribution in [0.4, 0.5) is 22.0 Å². The number of amides is 2. The van der Waals surface area contributed by atoms with E-state index in [1.165, 1.54) is 0 Å². The lowest BCUT2D eigenvalue weighted by Gasteiger charge is -2.19. The monoisotopic (exact) mass is 386 g/mol. The topological polar surface area (TPSA) is 93.9 Å². The maximum absolute atomic E-state index is 12.3. The molecule has 0 aliphatic rings. The lowest BCUT2D eigenvalue weighted by Crippen LogP contribution is -2.23. The Morgan fingerprint density at radius 2 is 1.76 bits per heavy atom. The molecular formula is C22H22N6O. The van der Waals surface area contributed by atoms with Gasteiger partial charge in [-0.15, -0.1) is 0 Å². The Balaban J connectivity index is 1.73. The molecule has 0 saturated carbocycles. The van der Waals surface area contributed by atoms with Gasteiger partial charge in [-0.3, -0.25) is 0 Å². The van der Waals surface area contributed by atoms with Crippen molar-refractivity contribution in [2.24, 2.45) is 0 Å². The van der Waals surface area contributed by atoms with Crippen LogP contribution in [0.2, 0.25) is 0 Å². The number of urea groups is 1. The predicted molar refractivity (Wildman–Crippen MR) is 115 cm³/mol. The van der Waals surface area contributed by atoms with Gasteiger partial charge in [0.05, 0.1) is 11.6 Å². The Hall–Kier alpha value is -3.92. The van der Waals surface area contributed by atoms with Crippen LogP contribution in [0.15, 0.2) is 60.8 Å². The second kappa shape index (κ2) is 9.33. The standard InChI is InChI=1S/C22H22N6O/c1-3-28(4-2)20-12-13-24-21(27-20)17-6-5-7-19(14-17)26-22(29)25-18-10-8-16(15-23)9-11-18/h5-14H,3-4H2,1-2H3,(H2,25,26,29). The highest BCUT2D eigenvalue weighted by atomic mass is 16.2. The predicted octanol–water partition coefficient (Wildman–Crippen LogP) is 4.51. The summed E-state index contributed by atoms with van der Waals surface area (Å²) >= 11 is 0. The summed E-state index contributed by atoms with van der Waals surface area (Å²) in [5, 5.41) is 14.4. The zero-order chi connectivity index (χ0) is 20.6. The number of anilines is 3. The number of nitrogens with zero attached hydrogens (tertiary/aromatic N) is 4. The Bertz CT molecular complexity index is 1020. The molecule has 2 amide bonds. The number of hydrogen-bond donors (Lipinski definition) is 2. The molecule has 7 nitrogen and oxygen atoms in total. The van der Waals surface area contributed by atoms with Gasteiger partial charge in [-0.2, -0.15) is 5.26 Å². The summed E-state index contributed by atoms with van der Waals surface area (Å²) in [6.45, 7) is 5.90. The number of aromatic nitrogens is 2. The van der Waals surface area contributed by atoms with Crippen LogP contribution in [0.1, 0.15) is 19.4 Å². The Morgan fingerprint density at radius 1 is 1.03 bits per heavy atom. The lowest BCUT2D eigenvalue weighted by molar-refractivity contribution is 0.262. The highest BCUT2D eigenvalue weighted by Gasteiger charge is 2.09. The van der Waals surface area contributed by atoms with Crippen LogP contribution in [-0.2, 0) is 0 Å². The van der Waals surface area contributed by atoms with Crippen LogP contribution < -0.4 is 15.5 Å². The SMILES string of the molecule is CCN(CC)c1ccnc(-c2cccc(NC(=O)Nc3ccc(C#N)cc3)c2)n1. The van der Waals surface area contributed by atoms with E-state index in [0.29, 0.717) is 22.8 Å². The molecule has 1 heterocycles. The van der Waals surface area contributed by atoms with Crippen LogP contribution in [-0.4, -0.2) is 29.1 Å². The molecule has 0 atom stereocenters. The molecule has 0 spiro atoms. The minimum atomic E-state index is -0.371. The van der Waals surface area contributed by atoms with Crippen molar-refractivity contribution in [3.8, 4) is 17.5 Å². The number of rotatable bonds is 6. The molecule has 29 heavy (non-hydrogen) atoms. The van der Waals surface area contributed by atoms with Crippen LogP contribution in [0, 0.1) is 11.3 Å². The molecule has 0 unspecified atom stereocenters. The first kappa shape index (κ1) is 19.8. The molecule has 3 aromatic rings. The quantitative estimate of drug-likeness (QED) is 0.650. The van der Waals surface area contributed by atoms with Gasteiger partial charge in [0.2, 0.25) is 0 Å². The highest BCUT2D eigenvalue weighted by molar-refractivity contribution is 6.00. The van der Waals surface area contributed by atoms with Crippen molar-refractivity contribution in [3.63, 3.8) is 0 Å². The lowest BCUT2D eigenvalue weighted by atomic mass is 10.2. The molecule has 2 N–H and O–H groups in total. The maximum atomic E-state index is 12.3. The second-order valence-corrected chi connectivity index (χ2v) is 6.26. The molecule has 3 rings (SSSR count). The van der Waals surface area contributed by atoms with Crippen LogP contribution in [0.25, 0.3) is 11.4 Å². The summed E-state index contributed by atoms with van der Waals surface area (Å²) in [5.74, 6) is 1.47. The minimum absolute atomic E-state index is 0.371. The number of nitriles is 1. The van der Waals surface area contributed by atoms with Gasteiger partial charge in [0.25, 0.3) is 0 Å². The number of carbonyl (C=O) groups is 1. The smallest absolute Gasteiger partial charge is 0.323 e. The van der Waals surface area contributed by atoms with E-state index in [1.54, 1.807) is 36.5 Å². The van der Waals surface area contributed by atoms with Crippen molar-refractivity contribution in [1.82, 2.24) is 9.97 Å². The summed E-state index contributed by atoms with van der Waals surface area (Å²) in [6.07, 6.45) is 1.74. The van der Waals surface area contributed by atoms with Gasteiger partial charge in [0, 0.05) is 36.2 Å². The summed E-state index contributed by atoms with van der Waals surface area (Å²) in [6, 6.07) is 17.6. The van der Waals surface area contributed by atoms with E-state index < -0.39 is 0 Å². The van der Waals surface area contributed by atoms with Crippen molar-refractivity contribution >= 4 is 23.2 Å². The summed E-state index contributed by atoms with van der Waals surface area (Å²) in [4.78, 5) is 23.5. The van der Waals surface area contributed by atoms with E-state index in [4.69, 9.17) is 5.26 Å². The van der Waals surface area contributed by atoms with Crippen molar-refractivity contribution < 1.29 is 4.79 Å². The van der Waals surface area contributed by atoms with Gasteiger partial charge in [-0.1, -0.05) is 12.1 Å². The molecule has 0 aliphatic carbocycles. The number of carbonyl (C=O) groups excluding carboxylic acids is 1. The van der Waals surface area contributed by atoms with Crippen molar-refractivity contribution in [2.75, 3.05) is 28.6 Å². The van der Waals surface area contributed by atoms with E-state index >= 15 is 0 Å². The molecule has 1 aromatic heterocycles. The molecule has 7 heteroatoms. The summed E-state index contributed by atoms with van der Waals surface area (Å²) < 4.78 is 0. The third kappa shape index (κ3) is 5.08. The zero-order valence-electron chi connectivity index (χ0n) is 16.4. The van der Waals surface area contributed by atoms with Gasteiger partial charge in [0.15, 0.2) is 5.82 Å². The third-order valence-corrected chi connectivity index (χ3v) is 4.38. The van der Waals surface area contributed by atoms with Crippen LogP contribution >= 0.6 is 0 Å². The van der Waals surface area contributed by atoms with Crippen LogP contribution in [0.5, 0.6) is 0 Å². The fraction of sp³-hybridized carbons (Fsp3) is 0.182. The van der Waals surface area contributed by atoms with Gasteiger partial charge in [0.1, 0.15) is 5.82 Å². The zero-order valence-corrected chi connectivity index (χ0v) is 16.4. The third-order valence-electron chi connectivity index (χ3n) is 4.38. The maximum Gasteiger partial charge on any atom is 0.323 e. The van der Waals surface area contributed by atoms with E-state index in [2.05, 4.69) is 39.3 Å². The van der Waals surface area contributed by atoms with E-state index in [0.717, 1.165) is 24.5 Å². The fourth-order valence-corrected chi connectivity index (χ4v) is 2.87. The van der Waals surface area contributed by atoms with E-state index in [9.17, 15) is 4.79 Å². The van der Waals surface area contributed by atoms with Crippen molar-refractivity contribution in [2.45, 2.75) is 13.8 Å². The largest absolute Gasteiger partial charge is 0.357 e. The second-order valence-electron chi connectivity index (χ2n) is 6.26. The fourth-order valence-electron chi connectivity index (χ4n) is 2.87. The number of nitrogens with one attached hydrogen (secondary N) is 2. The highest BCUT2D eigenvalue weighted by Crippen LogP contribution is 2.22. The van der Waals surface area contributed by atoms with Gasteiger partial charge in [-0.25, -0.2) is 14.8 Å². The van der Waals surface area contributed by atoms with Gasteiger partial charge >= 0.3 is 6.03 Å². The van der Waals surface area contributed by atoms with Crippen LogP contribution in [0.3, 0.4) is 0 Å². The minimum Gasteiger partial charge on any atom is -0.357 e. The van der Waals surface area contributed by atoms with Gasteiger partial charge in [-0.05, 0) is 56.3 Å². The average Bonchev–Trinajstić information content (AvgIpc) is 2.75. The molecule has 0 aliphatic heterocycles. The molecule has 146 valence electrons. The average molecular weight is 386 g/mol. The Morgan fingerprint density at radius 3 is 2.45 bits per heavy atom. The molecule has 2 aromatic carbocycles. The molecule has 0 bridgehead atoms. The molecular weight excluding hydrogens is 364 g/mol. The van der Waals surface area contributed by atoms with Crippen molar-refractivity contribution in [3.05, 3.63) is 66.4 Å². The first-order chi connectivity index (χ1) is 14.1. The van der Waals surface area contributed by atoms with E-state index in [-0.39, 0.29) is 6.03 Å². The molecule has 0 fully saturated rings. The first-order valence-electron chi connectivity index (χ1n) is 9.39. The van der Waals surface area contributed by atoms with Crippen molar-refractivity contribution in [1.29, 1.82) is 5.26 Å². The molecule has 0 radical (unpaired) electrons. The number of hydrogen-bond acceptors (Lipinski definition) is 5. The summed E-state index contributed by atoms with van der Waals surface area (Å²) in [7, 11) is 0. The normalized spacial score (nSPS) is 10.1.